The van der Waals surface area contributed by atoms with Gasteiger partial charge in [0.1, 0.15) is 0 Å². The van der Waals surface area contributed by atoms with Gasteiger partial charge in [-0.05, 0) is 45.7 Å². The largest absolute Gasteiger partial charge is 0.324 e. The summed E-state index contributed by atoms with van der Waals surface area (Å²) in [7, 11) is 4.34. The van der Waals surface area contributed by atoms with Gasteiger partial charge in [-0.15, -0.1) is 0 Å². The Hall–Kier alpha value is 0.270. The average molecular weight is 302 g/mol. The predicted octanol–water partition coefficient (Wildman–Crippen LogP) is 3.82. The van der Waals surface area contributed by atoms with E-state index in [1.54, 1.807) is 0 Å². The zero-order chi connectivity index (χ0) is 14.7. The Morgan fingerprint density at radius 1 is 0.800 bits per heavy atom. The number of hydrogen-bond donors (Lipinski definition) is 1. The third kappa shape index (κ3) is 7.90. The van der Waals surface area contributed by atoms with Crippen LogP contribution in [-0.4, -0.2) is 62.0 Å². The van der Waals surface area contributed by atoms with Crippen LogP contribution >= 0.6 is 12.6 Å². The normalized spacial score (nSPS) is 18.0. The minimum atomic E-state index is 1.06. The van der Waals surface area contributed by atoms with Gasteiger partial charge in [0.25, 0.3) is 0 Å². The van der Waals surface area contributed by atoms with Crippen molar-refractivity contribution in [2.24, 2.45) is 0 Å². The van der Waals surface area contributed by atoms with E-state index in [4.69, 9.17) is 0 Å². The van der Waals surface area contributed by atoms with Crippen LogP contribution in [0.3, 0.4) is 0 Å². The van der Waals surface area contributed by atoms with Crippen LogP contribution in [0.5, 0.6) is 0 Å². The summed E-state index contributed by atoms with van der Waals surface area (Å²) < 4.78 is 1.42. The van der Waals surface area contributed by atoms with Crippen molar-refractivity contribution < 1.29 is 4.48 Å². The Balaban J connectivity index is 2.01. The van der Waals surface area contributed by atoms with Gasteiger partial charge in [0.05, 0.1) is 26.2 Å². The first-order valence-corrected chi connectivity index (χ1v) is 9.42. The molecule has 0 aromatic heterocycles. The lowest BCUT2D eigenvalue weighted by Crippen LogP contribution is -2.46. The van der Waals surface area contributed by atoms with Crippen LogP contribution in [0.15, 0.2) is 0 Å². The van der Waals surface area contributed by atoms with E-state index in [-0.39, 0.29) is 0 Å². The SMILES string of the molecule is CN(C)CCCCCCCC[N+]1(CCCS)CCCC1. The average Bonchev–Trinajstić information content (AvgIpc) is 2.88. The molecule has 1 aliphatic rings. The molecule has 0 bridgehead atoms. The molecule has 1 aliphatic heterocycles. The Kier molecular flexibility index (Phi) is 10.0. The molecule has 120 valence electrons. The summed E-state index contributed by atoms with van der Waals surface area (Å²) in [6.07, 6.45) is 12.8. The second kappa shape index (κ2) is 10.9. The fourth-order valence-corrected chi connectivity index (χ4v) is 3.70. The van der Waals surface area contributed by atoms with Gasteiger partial charge >= 0.3 is 0 Å². The summed E-state index contributed by atoms with van der Waals surface area (Å²) in [6.45, 7) is 6.95. The molecule has 0 aromatic rings. The molecule has 0 saturated carbocycles. The van der Waals surface area contributed by atoms with Crippen LogP contribution in [0.1, 0.15) is 57.8 Å². The van der Waals surface area contributed by atoms with Crippen LogP contribution in [0.4, 0.5) is 0 Å². The minimum absolute atomic E-state index is 1.06. The molecule has 1 rings (SSSR count). The molecule has 1 saturated heterocycles. The highest BCUT2D eigenvalue weighted by Crippen LogP contribution is 2.22. The topological polar surface area (TPSA) is 3.24 Å². The van der Waals surface area contributed by atoms with Crippen LogP contribution in [-0.2, 0) is 0 Å². The van der Waals surface area contributed by atoms with Crippen molar-refractivity contribution in [1.29, 1.82) is 0 Å². The van der Waals surface area contributed by atoms with Crippen LogP contribution < -0.4 is 0 Å². The molecule has 3 heteroatoms. The number of unbranched alkanes of at least 4 members (excludes halogenated alkanes) is 5. The van der Waals surface area contributed by atoms with E-state index in [1.165, 1.54) is 95.0 Å². The van der Waals surface area contributed by atoms with Crippen LogP contribution in [0.25, 0.3) is 0 Å². The zero-order valence-corrected chi connectivity index (χ0v) is 14.8. The molecule has 0 amide bonds. The molecule has 1 fully saturated rings. The van der Waals surface area contributed by atoms with Crippen molar-refractivity contribution in [3.8, 4) is 0 Å². The predicted molar refractivity (Wildman–Crippen MR) is 93.7 cm³/mol. The van der Waals surface area contributed by atoms with Gasteiger partial charge in [-0.1, -0.05) is 19.3 Å². The van der Waals surface area contributed by atoms with Crippen molar-refractivity contribution in [3.63, 3.8) is 0 Å². The Labute approximate surface area is 132 Å². The highest BCUT2D eigenvalue weighted by Gasteiger charge is 2.30. The Morgan fingerprint density at radius 3 is 1.95 bits per heavy atom. The third-order valence-electron chi connectivity index (χ3n) is 4.79. The number of hydrogen-bond acceptors (Lipinski definition) is 2. The van der Waals surface area contributed by atoms with Crippen LogP contribution in [0.2, 0.25) is 0 Å². The summed E-state index contributed by atoms with van der Waals surface area (Å²) >= 11 is 4.39. The maximum atomic E-state index is 4.39. The summed E-state index contributed by atoms with van der Waals surface area (Å²) in [5.41, 5.74) is 0. The van der Waals surface area contributed by atoms with E-state index in [1.807, 2.05) is 0 Å². The highest BCUT2D eigenvalue weighted by molar-refractivity contribution is 7.80. The van der Waals surface area contributed by atoms with Crippen molar-refractivity contribution in [2.45, 2.75) is 57.8 Å². The summed E-state index contributed by atoms with van der Waals surface area (Å²) in [4.78, 5) is 2.29. The monoisotopic (exact) mass is 301 g/mol. The van der Waals surface area contributed by atoms with Gasteiger partial charge < -0.3 is 9.38 Å². The van der Waals surface area contributed by atoms with E-state index in [0.29, 0.717) is 0 Å². The molecule has 0 aliphatic carbocycles. The van der Waals surface area contributed by atoms with E-state index in [9.17, 15) is 0 Å². The molecule has 1 heterocycles. The van der Waals surface area contributed by atoms with Crippen LogP contribution in [0, 0.1) is 0 Å². The van der Waals surface area contributed by atoms with Gasteiger partial charge in [0.15, 0.2) is 0 Å². The van der Waals surface area contributed by atoms with Crippen molar-refractivity contribution in [2.75, 3.05) is 52.6 Å². The van der Waals surface area contributed by atoms with Crippen molar-refractivity contribution in [1.82, 2.24) is 4.90 Å². The summed E-state index contributed by atoms with van der Waals surface area (Å²) in [5, 5.41) is 0. The molecular formula is C17H37N2S+. The molecular weight excluding hydrogens is 264 g/mol. The van der Waals surface area contributed by atoms with Gasteiger partial charge in [-0.2, -0.15) is 12.6 Å². The lowest BCUT2D eigenvalue weighted by atomic mass is 10.1. The second-order valence-electron chi connectivity index (χ2n) is 6.94. The van der Waals surface area contributed by atoms with E-state index < -0.39 is 0 Å². The summed E-state index contributed by atoms with van der Waals surface area (Å²) in [5.74, 6) is 1.06. The standard InChI is InChI=1S/C17H36N2S/c1-18(2)12-7-5-3-4-6-8-13-19(16-11-17-20)14-9-10-15-19/h3-17H2,1-2H3/p+1. The fraction of sp³-hybridized carbons (Fsp3) is 1.00. The summed E-state index contributed by atoms with van der Waals surface area (Å²) in [6, 6.07) is 0. The molecule has 0 aromatic carbocycles. The molecule has 2 nitrogen and oxygen atoms in total. The van der Waals surface area contributed by atoms with Gasteiger partial charge in [0.2, 0.25) is 0 Å². The quantitative estimate of drug-likeness (QED) is 0.326. The maximum absolute atomic E-state index is 4.39. The highest BCUT2D eigenvalue weighted by atomic mass is 32.1. The maximum Gasteiger partial charge on any atom is 0.0794 e. The lowest BCUT2D eigenvalue weighted by Gasteiger charge is -2.34. The first-order chi connectivity index (χ1) is 9.68. The van der Waals surface area contributed by atoms with E-state index in [0.717, 1.165) is 5.75 Å². The zero-order valence-electron chi connectivity index (χ0n) is 13.9. The minimum Gasteiger partial charge on any atom is -0.324 e. The Morgan fingerprint density at radius 2 is 1.35 bits per heavy atom. The number of likely N-dealkylation sites (tertiary alicyclic amines) is 1. The van der Waals surface area contributed by atoms with Gasteiger partial charge in [-0.3, -0.25) is 0 Å². The fourth-order valence-electron chi connectivity index (χ4n) is 3.55. The third-order valence-corrected chi connectivity index (χ3v) is 5.11. The Bertz CT molecular complexity index is 225. The van der Waals surface area contributed by atoms with Gasteiger partial charge in [0, 0.05) is 19.3 Å². The van der Waals surface area contributed by atoms with Crippen molar-refractivity contribution in [3.05, 3.63) is 0 Å². The molecule has 0 atom stereocenters. The number of nitrogens with zero attached hydrogens (tertiary/aromatic N) is 2. The van der Waals surface area contributed by atoms with Gasteiger partial charge in [-0.25, -0.2) is 0 Å². The number of thiol groups is 1. The lowest BCUT2D eigenvalue weighted by molar-refractivity contribution is -0.917. The molecule has 0 radical (unpaired) electrons. The smallest absolute Gasteiger partial charge is 0.0794 e. The molecule has 20 heavy (non-hydrogen) atoms. The number of rotatable bonds is 12. The second-order valence-corrected chi connectivity index (χ2v) is 7.39. The first-order valence-electron chi connectivity index (χ1n) is 8.79. The molecule has 0 unspecified atom stereocenters. The first kappa shape index (κ1) is 18.3. The molecule has 0 N–H and O–H groups in total. The van der Waals surface area contributed by atoms with E-state index in [2.05, 4.69) is 31.6 Å². The molecule has 0 spiro atoms. The van der Waals surface area contributed by atoms with Crippen molar-refractivity contribution >= 4 is 12.6 Å². The van der Waals surface area contributed by atoms with E-state index >= 15 is 0 Å². The number of quaternary nitrogens is 1.